The standard InChI is InChI=1S/C13H23NO3S/c1-3-16-6-7-17-10-12(15)8-14-9-13-5-4-11(2)18-13/h4-5,12,14-15H,3,6-10H2,1-2H3. The first-order chi connectivity index (χ1) is 8.72. The summed E-state index contributed by atoms with van der Waals surface area (Å²) in [5.74, 6) is 0. The lowest BCUT2D eigenvalue weighted by Crippen LogP contribution is -2.30. The van der Waals surface area contributed by atoms with E-state index in [-0.39, 0.29) is 0 Å². The summed E-state index contributed by atoms with van der Waals surface area (Å²) in [6.07, 6.45) is -0.465. The van der Waals surface area contributed by atoms with Gasteiger partial charge in [0.1, 0.15) is 0 Å². The van der Waals surface area contributed by atoms with Crippen molar-refractivity contribution in [3.63, 3.8) is 0 Å². The van der Waals surface area contributed by atoms with Gasteiger partial charge in [0.15, 0.2) is 0 Å². The molecule has 0 spiro atoms. The second-order valence-electron chi connectivity index (χ2n) is 4.07. The molecule has 1 rings (SSSR count). The lowest BCUT2D eigenvalue weighted by Gasteiger charge is -2.12. The van der Waals surface area contributed by atoms with Gasteiger partial charge in [0.25, 0.3) is 0 Å². The van der Waals surface area contributed by atoms with Crippen LogP contribution < -0.4 is 5.32 Å². The van der Waals surface area contributed by atoms with E-state index in [4.69, 9.17) is 9.47 Å². The van der Waals surface area contributed by atoms with Crippen LogP contribution in [0, 0.1) is 6.92 Å². The Morgan fingerprint density at radius 2 is 2.11 bits per heavy atom. The summed E-state index contributed by atoms with van der Waals surface area (Å²) in [5, 5.41) is 12.9. The molecule has 2 N–H and O–H groups in total. The highest BCUT2D eigenvalue weighted by atomic mass is 32.1. The van der Waals surface area contributed by atoms with E-state index in [1.807, 2.05) is 6.92 Å². The van der Waals surface area contributed by atoms with Gasteiger partial charge in [-0.3, -0.25) is 0 Å². The zero-order chi connectivity index (χ0) is 13.2. The summed E-state index contributed by atoms with van der Waals surface area (Å²) < 4.78 is 10.4. The Labute approximate surface area is 113 Å². The molecule has 0 saturated heterocycles. The molecule has 4 nitrogen and oxygen atoms in total. The van der Waals surface area contributed by atoms with Gasteiger partial charge in [-0.25, -0.2) is 0 Å². The van der Waals surface area contributed by atoms with E-state index in [1.54, 1.807) is 11.3 Å². The zero-order valence-corrected chi connectivity index (χ0v) is 12.0. The third-order valence-corrected chi connectivity index (χ3v) is 3.36. The number of rotatable bonds is 10. The van der Waals surface area contributed by atoms with Gasteiger partial charge < -0.3 is 19.9 Å². The molecule has 0 aromatic carbocycles. The van der Waals surface area contributed by atoms with E-state index in [0.717, 1.165) is 6.54 Å². The molecule has 1 heterocycles. The fourth-order valence-electron chi connectivity index (χ4n) is 1.48. The third-order valence-electron chi connectivity index (χ3n) is 2.36. The van der Waals surface area contributed by atoms with Crippen LogP contribution in [0.25, 0.3) is 0 Å². The molecule has 0 radical (unpaired) electrons. The number of ether oxygens (including phenoxy) is 2. The Morgan fingerprint density at radius 1 is 1.33 bits per heavy atom. The van der Waals surface area contributed by atoms with Crippen LogP contribution >= 0.6 is 11.3 Å². The second-order valence-corrected chi connectivity index (χ2v) is 5.44. The summed E-state index contributed by atoms with van der Waals surface area (Å²) >= 11 is 1.77. The summed E-state index contributed by atoms with van der Waals surface area (Å²) in [4.78, 5) is 2.60. The average Bonchev–Trinajstić information content (AvgIpc) is 2.75. The summed E-state index contributed by atoms with van der Waals surface area (Å²) in [5.41, 5.74) is 0. The van der Waals surface area contributed by atoms with Gasteiger partial charge in [0, 0.05) is 29.5 Å². The SMILES string of the molecule is CCOCCOCC(O)CNCc1ccc(C)s1. The summed E-state index contributed by atoms with van der Waals surface area (Å²) in [6, 6.07) is 4.22. The molecule has 18 heavy (non-hydrogen) atoms. The normalized spacial score (nSPS) is 12.8. The predicted molar refractivity (Wildman–Crippen MR) is 74.1 cm³/mol. The number of aliphatic hydroxyl groups is 1. The maximum Gasteiger partial charge on any atom is 0.0897 e. The number of aliphatic hydroxyl groups excluding tert-OH is 1. The van der Waals surface area contributed by atoms with E-state index >= 15 is 0 Å². The van der Waals surface area contributed by atoms with Crippen molar-refractivity contribution in [3.8, 4) is 0 Å². The minimum absolute atomic E-state index is 0.351. The highest BCUT2D eigenvalue weighted by Gasteiger charge is 2.04. The fraction of sp³-hybridized carbons (Fsp3) is 0.692. The molecule has 1 unspecified atom stereocenters. The molecule has 5 heteroatoms. The molecule has 1 aromatic heterocycles. The van der Waals surface area contributed by atoms with Crippen molar-refractivity contribution in [2.24, 2.45) is 0 Å². The first kappa shape index (κ1) is 15.6. The zero-order valence-electron chi connectivity index (χ0n) is 11.1. The van der Waals surface area contributed by atoms with E-state index in [0.29, 0.717) is 33.0 Å². The van der Waals surface area contributed by atoms with Crippen LogP contribution in [0.4, 0.5) is 0 Å². The maximum atomic E-state index is 9.66. The maximum absolute atomic E-state index is 9.66. The molecule has 104 valence electrons. The molecule has 1 aromatic rings. The largest absolute Gasteiger partial charge is 0.389 e. The number of nitrogens with one attached hydrogen (secondary N) is 1. The Kier molecular flexibility index (Phi) is 8.20. The molecule has 0 fully saturated rings. The third kappa shape index (κ3) is 7.08. The van der Waals surface area contributed by atoms with Crippen LogP contribution in [0.15, 0.2) is 12.1 Å². The second kappa shape index (κ2) is 9.47. The van der Waals surface area contributed by atoms with Crippen molar-refractivity contribution in [1.29, 1.82) is 0 Å². The first-order valence-electron chi connectivity index (χ1n) is 6.32. The minimum atomic E-state index is -0.465. The minimum Gasteiger partial charge on any atom is -0.389 e. The Bertz CT molecular complexity index is 317. The Morgan fingerprint density at radius 3 is 2.78 bits per heavy atom. The van der Waals surface area contributed by atoms with Crippen molar-refractivity contribution in [1.82, 2.24) is 5.32 Å². The molecule has 0 aliphatic rings. The van der Waals surface area contributed by atoms with Gasteiger partial charge in [0.2, 0.25) is 0 Å². The number of hydrogen-bond donors (Lipinski definition) is 2. The lowest BCUT2D eigenvalue weighted by atomic mass is 10.3. The van der Waals surface area contributed by atoms with E-state index in [9.17, 15) is 5.11 Å². The molecule has 0 bridgehead atoms. The van der Waals surface area contributed by atoms with Crippen molar-refractivity contribution in [3.05, 3.63) is 21.9 Å². The predicted octanol–water partition coefficient (Wildman–Crippen LogP) is 1.56. The highest BCUT2D eigenvalue weighted by molar-refractivity contribution is 7.11. The average molecular weight is 273 g/mol. The molecule has 1 atom stereocenters. The number of hydrogen-bond acceptors (Lipinski definition) is 5. The Hall–Kier alpha value is -0.460. The van der Waals surface area contributed by atoms with Crippen molar-refractivity contribution in [2.45, 2.75) is 26.5 Å². The van der Waals surface area contributed by atoms with Crippen LogP contribution in [-0.2, 0) is 16.0 Å². The van der Waals surface area contributed by atoms with Gasteiger partial charge >= 0.3 is 0 Å². The van der Waals surface area contributed by atoms with E-state index < -0.39 is 6.10 Å². The van der Waals surface area contributed by atoms with Gasteiger partial charge in [0.05, 0.1) is 25.9 Å². The summed E-state index contributed by atoms with van der Waals surface area (Å²) in [6.45, 7) is 7.57. The van der Waals surface area contributed by atoms with Gasteiger partial charge in [-0.15, -0.1) is 11.3 Å². The Balaban J connectivity index is 1.98. The number of aryl methyl sites for hydroxylation is 1. The number of thiophene rings is 1. The summed E-state index contributed by atoms with van der Waals surface area (Å²) in [7, 11) is 0. The fourth-order valence-corrected chi connectivity index (χ4v) is 2.34. The van der Waals surface area contributed by atoms with Crippen LogP contribution in [0.3, 0.4) is 0 Å². The molecule has 0 saturated carbocycles. The van der Waals surface area contributed by atoms with Crippen LogP contribution in [0.2, 0.25) is 0 Å². The van der Waals surface area contributed by atoms with Crippen LogP contribution in [-0.4, -0.2) is 44.2 Å². The van der Waals surface area contributed by atoms with Crippen molar-refractivity contribution < 1.29 is 14.6 Å². The van der Waals surface area contributed by atoms with Gasteiger partial charge in [-0.05, 0) is 26.0 Å². The topological polar surface area (TPSA) is 50.7 Å². The van der Waals surface area contributed by atoms with Crippen molar-refractivity contribution in [2.75, 3.05) is 33.0 Å². The molecular formula is C13H23NO3S. The van der Waals surface area contributed by atoms with Crippen molar-refractivity contribution >= 4 is 11.3 Å². The van der Waals surface area contributed by atoms with E-state index in [2.05, 4.69) is 24.4 Å². The molecule has 0 aliphatic heterocycles. The van der Waals surface area contributed by atoms with Gasteiger partial charge in [-0.1, -0.05) is 0 Å². The van der Waals surface area contributed by atoms with E-state index in [1.165, 1.54) is 9.75 Å². The monoisotopic (exact) mass is 273 g/mol. The first-order valence-corrected chi connectivity index (χ1v) is 7.13. The lowest BCUT2D eigenvalue weighted by molar-refractivity contribution is 0.00644. The van der Waals surface area contributed by atoms with Crippen LogP contribution in [0.5, 0.6) is 0 Å². The highest BCUT2D eigenvalue weighted by Crippen LogP contribution is 2.14. The van der Waals surface area contributed by atoms with Crippen LogP contribution in [0.1, 0.15) is 16.7 Å². The molecule has 0 aliphatic carbocycles. The quantitative estimate of drug-likeness (QED) is 0.635. The molecule has 0 amide bonds. The van der Waals surface area contributed by atoms with Gasteiger partial charge in [-0.2, -0.15) is 0 Å². The smallest absolute Gasteiger partial charge is 0.0897 e. The molecular weight excluding hydrogens is 250 g/mol.